The number of rotatable bonds is 4. The molecule has 4 nitrogen and oxygen atoms in total. The number of thioether (sulfide) groups is 1. The van der Waals surface area contributed by atoms with Gasteiger partial charge in [0.2, 0.25) is 0 Å². The number of aromatic hydroxyl groups is 1. The highest BCUT2D eigenvalue weighted by molar-refractivity contribution is 7.99. The molecule has 2 rings (SSSR count). The van der Waals surface area contributed by atoms with Gasteiger partial charge >= 0.3 is 0 Å². The van der Waals surface area contributed by atoms with Crippen molar-refractivity contribution in [3.63, 3.8) is 0 Å². The monoisotopic (exact) mass is 255 g/mol. The van der Waals surface area contributed by atoms with Gasteiger partial charge in [0.1, 0.15) is 0 Å². The fourth-order valence-corrected chi connectivity index (χ4v) is 3.29. The topological polar surface area (TPSA) is 61.7 Å². The summed E-state index contributed by atoms with van der Waals surface area (Å²) in [6, 6.07) is 5.81. The number of nitrogens with one attached hydrogen (secondary N) is 1. The Morgan fingerprint density at radius 3 is 3.06 bits per heavy atom. The van der Waals surface area contributed by atoms with Gasteiger partial charge in [0.05, 0.1) is 12.5 Å². The first-order chi connectivity index (χ1) is 8.26. The highest BCUT2D eigenvalue weighted by Crippen LogP contribution is 2.41. The van der Waals surface area contributed by atoms with Crippen molar-refractivity contribution >= 4 is 11.8 Å². The molecule has 1 aromatic carbocycles. The molecule has 0 aromatic heterocycles. The van der Waals surface area contributed by atoms with Crippen molar-refractivity contribution in [1.29, 1.82) is 0 Å². The standard InChI is InChI=1S/C12H17NO3S/c1-16-10-4-2-3-9(11(10)15)12-13-8(5-6-14)7-17-12/h2-4,8,12-15H,5-7H2,1H3. The van der Waals surface area contributed by atoms with E-state index in [2.05, 4.69) is 5.32 Å². The zero-order valence-electron chi connectivity index (χ0n) is 9.72. The molecule has 0 saturated carbocycles. The molecule has 94 valence electrons. The molecule has 0 amide bonds. The van der Waals surface area contributed by atoms with Crippen molar-refractivity contribution in [3.05, 3.63) is 23.8 Å². The van der Waals surface area contributed by atoms with Crippen LogP contribution >= 0.6 is 11.8 Å². The molecule has 1 aliphatic heterocycles. The lowest BCUT2D eigenvalue weighted by molar-refractivity contribution is 0.271. The summed E-state index contributed by atoms with van der Waals surface area (Å²) in [5.41, 5.74) is 0.842. The van der Waals surface area contributed by atoms with Crippen LogP contribution in [-0.2, 0) is 0 Å². The lowest BCUT2D eigenvalue weighted by atomic mass is 10.1. The van der Waals surface area contributed by atoms with E-state index in [1.165, 1.54) is 0 Å². The highest BCUT2D eigenvalue weighted by Gasteiger charge is 2.27. The average molecular weight is 255 g/mol. The maximum Gasteiger partial charge on any atom is 0.163 e. The third kappa shape index (κ3) is 2.68. The van der Waals surface area contributed by atoms with E-state index in [0.717, 1.165) is 17.7 Å². The van der Waals surface area contributed by atoms with Crippen LogP contribution in [0.4, 0.5) is 0 Å². The largest absolute Gasteiger partial charge is 0.504 e. The second-order valence-electron chi connectivity index (χ2n) is 3.99. The van der Waals surface area contributed by atoms with Crippen LogP contribution < -0.4 is 10.1 Å². The Balaban J connectivity index is 2.13. The van der Waals surface area contributed by atoms with Crippen LogP contribution in [0.1, 0.15) is 17.4 Å². The number of para-hydroxylation sites is 1. The van der Waals surface area contributed by atoms with E-state index in [9.17, 15) is 5.11 Å². The van der Waals surface area contributed by atoms with Gasteiger partial charge in [-0.1, -0.05) is 12.1 Å². The van der Waals surface area contributed by atoms with E-state index in [1.54, 1.807) is 24.9 Å². The summed E-state index contributed by atoms with van der Waals surface area (Å²) in [6.07, 6.45) is 0.744. The summed E-state index contributed by atoms with van der Waals surface area (Å²) in [4.78, 5) is 0. The molecule has 0 radical (unpaired) electrons. The number of methoxy groups -OCH3 is 1. The first-order valence-electron chi connectivity index (χ1n) is 5.60. The molecule has 2 unspecified atom stereocenters. The van der Waals surface area contributed by atoms with Gasteiger partial charge in [0.25, 0.3) is 0 Å². The van der Waals surface area contributed by atoms with E-state index in [1.807, 2.05) is 12.1 Å². The van der Waals surface area contributed by atoms with Crippen molar-refractivity contribution in [2.24, 2.45) is 0 Å². The molecule has 0 spiro atoms. The zero-order valence-corrected chi connectivity index (χ0v) is 10.5. The van der Waals surface area contributed by atoms with E-state index in [4.69, 9.17) is 9.84 Å². The van der Waals surface area contributed by atoms with E-state index in [0.29, 0.717) is 11.8 Å². The molecule has 1 heterocycles. The van der Waals surface area contributed by atoms with Crippen molar-refractivity contribution in [1.82, 2.24) is 5.32 Å². The first-order valence-corrected chi connectivity index (χ1v) is 6.65. The molecule has 3 N–H and O–H groups in total. The van der Waals surface area contributed by atoms with Gasteiger partial charge in [-0.25, -0.2) is 0 Å². The predicted octanol–water partition coefficient (Wildman–Crippen LogP) is 1.49. The number of aliphatic hydroxyl groups excluding tert-OH is 1. The number of aliphatic hydroxyl groups is 1. The quantitative estimate of drug-likeness (QED) is 0.761. The van der Waals surface area contributed by atoms with Crippen molar-refractivity contribution in [3.8, 4) is 11.5 Å². The van der Waals surface area contributed by atoms with E-state index >= 15 is 0 Å². The summed E-state index contributed by atoms with van der Waals surface area (Å²) in [6.45, 7) is 0.190. The van der Waals surface area contributed by atoms with Crippen LogP contribution in [0.3, 0.4) is 0 Å². The lowest BCUT2D eigenvalue weighted by Gasteiger charge is -2.15. The average Bonchev–Trinajstić information content (AvgIpc) is 2.78. The molecule has 1 aromatic rings. The van der Waals surface area contributed by atoms with Gasteiger partial charge in [-0.05, 0) is 12.5 Å². The summed E-state index contributed by atoms with van der Waals surface area (Å²) in [5, 5.41) is 22.4. The molecule has 1 saturated heterocycles. The third-order valence-corrected chi connectivity index (χ3v) is 4.18. The molecule has 5 heteroatoms. The minimum absolute atomic E-state index is 0.0710. The molecule has 2 atom stereocenters. The molecule has 1 aliphatic rings. The number of ether oxygens (including phenoxy) is 1. The summed E-state index contributed by atoms with van der Waals surface area (Å²) >= 11 is 1.74. The fraction of sp³-hybridized carbons (Fsp3) is 0.500. The molecular formula is C12H17NO3S. The molecular weight excluding hydrogens is 238 g/mol. The van der Waals surface area contributed by atoms with Crippen LogP contribution in [0.15, 0.2) is 18.2 Å². The van der Waals surface area contributed by atoms with Gasteiger partial charge < -0.3 is 14.9 Å². The molecule has 0 aliphatic carbocycles. The summed E-state index contributed by atoms with van der Waals surface area (Å²) < 4.78 is 5.09. The van der Waals surface area contributed by atoms with Gasteiger partial charge in [-0.15, -0.1) is 11.8 Å². The van der Waals surface area contributed by atoms with Gasteiger partial charge in [-0.2, -0.15) is 0 Å². The van der Waals surface area contributed by atoms with Crippen LogP contribution in [-0.4, -0.2) is 35.7 Å². The van der Waals surface area contributed by atoms with Crippen molar-refractivity contribution < 1.29 is 14.9 Å². The van der Waals surface area contributed by atoms with Crippen molar-refractivity contribution in [2.45, 2.75) is 17.8 Å². The number of hydrogen-bond acceptors (Lipinski definition) is 5. The Morgan fingerprint density at radius 2 is 2.35 bits per heavy atom. The maximum absolute atomic E-state index is 10.0. The molecule has 0 bridgehead atoms. The van der Waals surface area contributed by atoms with Crippen LogP contribution in [0.2, 0.25) is 0 Å². The Labute approximate surface area is 105 Å². The first kappa shape index (κ1) is 12.5. The lowest BCUT2D eigenvalue weighted by Crippen LogP contribution is -2.26. The van der Waals surface area contributed by atoms with Crippen LogP contribution in [0.25, 0.3) is 0 Å². The second kappa shape index (κ2) is 5.62. The second-order valence-corrected chi connectivity index (χ2v) is 5.13. The normalized spacial score (nSPS) is 23.9. The van der Waals surface area contributed by atoms with Crippen LogP contribution in [0.5, 0.6) is 11.5 Å². The fourth-order valence-electron chi connectivity index (χ4n) is 1.94. The number of benzene rings is 1. The van der Waals surface area contributed by atoms with Gasteiger partial charge in [0.15, 0.2) is 11.5 Å². The minimum atomic E-state index is 0.0710. The Kier molecular flexibility index (Phi) is 4.15. The highest BCUT2D eigenvalue weighted by atomic mass is 32.2. The maximum atomic E-state index is 10.0. The predicted molar refractivity (Wildman–Crippen MR) is 68.5 cm³/mol. The number of phenolic OH excluding ortho intramolecular Hbond substituents is 1. The number of phenols is 1. The van der Waals surface area contributed by atoms with E-state index in [-0.39, 0.29) is 17.7 Å². The molecule has 1 fully saturated rings. The third-order valence-electron chi connectivity index (χ3n) is 2.86. The molecule has 17 heavy (non-hydrogen) atoms. The van der Waals surface area contributed by atoms with E-state index < -0.39 is 0 Å². The number of hydrogen-bond donors (Lipinski definition) is 3. The van der Waals surface area contributed by atoms with Crippen molar-refractivity contribution in [2.75, 3.05) is 19.5 Å². The Hall–Kier alpha value is -0.910. The Morgan fingerprint density at radius 1 is 1.53 bits per heavy atom. The van der Waals surface area contributed by atoms with Gasteiger partial charge in [0, 0.05) is 24.0 Å². The smallest absolute Gasteiger partial charge is 0.163 e. The summed E-state index contributed by atoms with van der Waals surface area (Å²) in [5.74, 6) is 1.64. The van der Waals surface area contributed by atoms with Crippen LogP contribution in [0, 0.1) is 0 Å². The SMILES string of the molecule is COc1cccc(C2NC(CCO)CS2)c1O. The zero-order chi connectivity index (χ0) is 12.3. The Bertz CT molecular complexity index is 386. The summed E-state index contributed by atoms with van der Waals surface area (Å²) in [7, 11) is 1.54. The minimum Gasteiger partial charge on any atom is -0.504 e. The van der Waals surface area contributed by atoms with Gasteiger partial charge in [-0.3, -0.25) is 5.32 Å².